The van der Waals surface area contributed by atoms with Crippen molar-refractivity contribution < 1.29 is 44.6 Å². The number of ether oxygens (including phenoxy) is 2. The molecule has 0 radical (unpaired) electrons. The van der Waals surface area contributed by atoms with Crippen LogP contribution in [0.2, 0.25) is 0 Å². The predicted molar refractivity (Wildman–Crippen MR) is 93.8 cm³/mol. The molecule has 2 aliphatic heterocycles. The van der Waals surface area contributed by atoms with Crippen LogP contribution in [0, 0.1) is 0 Å². The normalized spacial score (nSPS) is 26.4. The van der Waals surface area contributed by atoms with Crippen LogP contribution in [-0.4, -0.2) is 66.9 Å². The van der Waals surface area contributed by atoms with Gasteiger partial charge in [0.1, 0.15) is 11.5 Å². The molecule has 13 heteroatoms. The second-order valence-electron chi connectivity index (χ2n) is 7.24. The van der Waals surface area contributed by atoms with Gasteiger partial charge >= 0.3 is 12.5 Å². The number of nitrogens with zero attached hydrogens (tertiary/aromatic N) is 2. The van der Waals surface area contributed by atoms with Crippen LogP contribution < -0.4 is 9.47 Å². The molecule has 3 rings (SSSR count). The first kappa shape index (κ1) is 22.5. The number of benzene rings is 1. The molecule has 0 saturated carbocycles. The fourth-order valence-electron chi connectivity index (χ4n) is 3.49. The molecule has 0 aliphatic carbocycles. The first-order chi connectivity index (χ1) is 13.8. The molecule has 2 atom stereocenters. The Kier molecular flexibility index (Phi) is 5.89. The molecule has 1 aromatic carbocycles. The Morgan fingerprint density at radius 1 is 1.17 bits per heavy atom. The minimum absolute atomic E-state index is 0.0911. The van der Waals surface area contributed by atoms with Gasteiger partial charge in [-0.1, -0.05) is 0 Å². The van der Waals surface area contributed by atoms with E-state index in [9.17, 15) is 35.2 Å². The summed E-state index contributed by atoms with van der Waals surface area (Å²) in [6.45, 7) is 0.346. The number of piperidine rings is 1. The maximum Gasteiger partial charge on any atom is 0.573 e. The second kappa shape index (κ2) is 7.84. The van der Waals surface area contributed by atoms with Crippen molar-refractivity contribution in [3.8, 4) is 11.5 Å². The van der Waals surface area contributed by atoms with E-state index >= 15 is 0 Å². The van der Waals surface area contributed by atoms with E-state index in [0.29, 0.717) is 11.3 Å². The number of sulfonamides is 1. The van der Waals surface area contributed by atoms with Crippen molar-refractivity contribution in [3.05, 3.63) is 24.3 Å². The number of hydrogen-bond donors (Lipinski definition) is 0. The van der Waals surface area contributed by atoms with Crippen LogP contribution in [0.15, 0.2) is 24.3 Å². The SMILES string of the molecule is C[C@H]1CCN(C2CN(C(=O)Oc3ccc(OC(F)(F)F)cc3)CC(F)(F)C2)S1(=O)=O. The van der Waals surface area contributed by atoms with E-state index in [1.807, 2.05) is 0 Å². The van der Waals surface area contributed by atoms with E-state index in [2.05, 4.69) is 4.74 Å². The molecule has 0 bridgehead atoms. The highest BCUT2D eigenvalue weighted by Gasteiger charge is 2.49. The lowest BCUT2D eigenvalue weighted by Gasteiger charge is -2.40. The zero-order valence-corrected chi connectivity index (χ0v) is 16.5. The van der Waals surface area contributed by atoms with E-state index in [-0.39, 0.29) is 18.8 Å². The largest absolute Gasteiger partial charge is 0.573 e. The summed E-state index contributed by atoms with van der Waals surface area (Å²) in [5.74, 6) is -4.05. The van der Waals surface area contributed by atoms with Gasteiger partial charge in [0.15, 0.2) is 0 Å². The van der Waals surface area contributed by atoms with Crippen molar-refractivity contribution in [1.82, 2.24) is 9.21 Å². The molecule has 1 aromatic rings. The molecular formula is C17H19F5N2O5S. The van der Waals surface area contributed by atoms with Crippen molar-refractivity contribution >= 4 is 16.1 Å². The molecule has 0 spiro atoms. The van der Waals surface area contributed by atoms with Gasteiger partial charge in [-0.15, -0.1) is 13.2 Å². The molecule has 2 aliphatic rings. The molecule has 7 nitrogen and oxygen atoms in total. The third-order valence-corrected chi connectivity index (χ3v) is 7.29. The topological polar surface area (TPSA) is 76.2 Å². The van der Waals surface area contributed by atoms with Crippen molar-refractivity contribution in [3.63, 3.8) is 0 Å². The van der Waals surface area contributed by atoms with Gasteiger partial charge in [-0.25, -0.2) is 22.0 Å². The summed E-state index contributed by atoms with van der Waals surface area (Å²) in [5, 5.41) is -0.689. The molecule has 2 fully saturated rings. The molecule has 0 aromatic heterocycles. The number of carbonyl (C=O) groups is 1. The zero-order valence-electron chi connectivity index (χ0n) is 15.7. The molecule has 1 unspecified atom stereocenters. The standard InChI is InChI=1S/C17H19F5N2O5S/c1-11-6-7-24(30(11,26)27)12-8-16(18,19)10-23(9-12)15(25)28-13-2-4-14(5-3-13)29-17(20,21)22/h2-5,11-12H,6-10H2,1H3/t11-,12?/m0/s1. The number of amides is 1. The number of alkyl halides is 5. The van der Waals surface area contributed by atoms with Crippen molar-refractivity contribution in [2.45, 2.75) is 43.3 Å². The van der Waals surface area contributed by atoms with Gasteiger partial charge in [0.2, 0.25) is 10.0 Å². The molecule has 0 N–H and O–H groups in total. The van der Waals surface area contributed by atoms with Gasteiger partial charge < -0.3 is 14.4 Å². The lowest BCUT2D eigenvalue weighted by molar-refractivity contribution is -0.274. The van der Waals surface area contributed by atoms with Gasteiger partial charge in [0, 0.05) is 25.6 Å². The Morgan fingerprint density at radius 2 is 1.77 bits per heavy atom. The minimum Gasteiger partial charge on any atom is -0.410 e. The average molecular weight is 458 g/mol. The Labute approximate surface area is 169 Å². The van der Waals surface area contributed by atoms with Gasteiger partial charge in [-0.2, -0.15) is 4.31 Å². The van der Waals surface area contributed by atoms with Crippen LogP contribution in [0.5, 0.6) is 11.5 Å². The monoisotopic (exact) mass is 458 g/mol. The lowest BCUT2D eigenvalue weighted by atomic mass is 10.0. The second-order valence-corrected chi connectivity index (χ2v) is 9.54. The van der Waals surface area contributed by atoms with Crippen molar-refractivity contribution in [2.75, 3.05) is 19.6 Å². The van der Waals surface area contributed by atoms with Crippen LogP contribution in [0.25, 0.3) is 0 Å². The Bertz CT molecular complexity index is 891. The number of halogens is 5. The van der Waals surface area contributed by atoms with Crippen LogP contribution >= 0.6 is 0 Å². The molecule has 1 amide bonds. The highest BCUT2D eigenvalue weighted by molar-refractivity contribution is 7.90. The smallest absolute Gasteiger partial charge is 0.410 e. The third-order valence-electron chi connectivity index (χ3n) is 4.91. The number of rotatable bonds is 3. The van der Waals surface area contributed by atoms with E-state index in [0.717, 1.165) is 28.6 Å². The van der Waals surface area contributed by atoms with E-state index in [1.54, 1.807) is 0 Å². The molecule has 168 valence electrons. The maximum atomic E-state index is 14.2. The summed E-state index contributed by atoms with van der Waals surface area (Å²) in [5.41, 5.74) is 0. The first-order valence-electron chi connectivity index (χ1n) is 8.98. The molecule has 30 heavy (non-hydrogen) atoms. The Morgan fingerprint density at radius 3 is 2.30 bits per heavy atom. The zero-order chi connectivity index (χ0) is 22.3. The van der Waals surface area contributed by atoms with Gasteiger partial charge in [-0.3, -0.25) is 0 Å². The Balaban J connectivity index is 1.69. The number of carbonyl (C=O) groups excluding carboxylic acids is 1. The van der Waals surface area contributed by atoms with Crippen LogP contribution in [0.3, 0.4) is 0 Å². The van der Waals surface area contributed by atoms with Crippen LogP contribution in [-0.2, 0) is 10.0 Å². The molecule has 2 heterocycles. The van der Waals surface area contributed by atoms with Gasteiger partial charge in [-0.05, 0) is 37.6 Å². The summed E-state index contributed by atoms with van der Waals surface area (Å²) in [6, 6.07) is 2.75. The highest BCUT2D eigenvalue weighted by atomic mass is 32.2. The number of likely N-dealkylation sites (tertiary alicyclic amines) is 1. The van der Waals surface area contributed by atoms with Crippen LogP contribution in [0.1, 0.15) is 19.8 Å². The fourth-order valence-corrected chi connectivity index (χ4v) is 5.27. The highest BCUT2D eigenvalue weighted by Crippen LogP contribution is 2.34. The quantitative estimate of drug-likeness (QED) is 0.651. The summed E-state index contributed by atoms with van der Waals surface area (Å²) in [6.07, 6.45) is -6.46. The van der Waals surface area contributed by atoms with Crippen molar-refractivity contribution in [1.29, 1.82) is 0 Å². The third kappa shape index (κ3) is 5.12. The molecule has 2 saturated heterocycles. The van der Waals surface area contributed by atoms with E-state index < -0.39 is 58.4 Å². The maximum absolute atomic E-state index is 14.2. The summed E-state index contributed by atoms with van der Waals surface area (Å²) < 4.78 is 99.4. The average Bonchev–Trinajstić information content (AvgIpc) is 2.87. The Hall–Kier alpha value is -2.15. The van der Waals surface area contributed by atoms with Gasteiger partial charge in [0.25, 0.3) is 5.92 Å². The summed E-state index contributed by atoms with van der Waals surface area (Å²) in [4.78, 5) is 13.0. The first-order valence-corrected chi connectivity index (χ1v) is 10.5. The van der Waals surface area contributed by atoms with E-state index in [1.165, 1.54) is 6.92 Å². The molecular weight excluding hydrogens is 439 g/mol. The van der Waals surface area contributed by atoms with E-state index in [4.69, 9.17) is 4.74 Å². The van der Waals surface area contributed by atoms with Crippen LogP contribution in [0.4, 0.5) is 26.7 Å². The van der Waals surface area contributed by atoms with Gasteiger partial charge in [0.05, 0.1) is 11.8 Å². The fraction of sp³-hybridized carbons (Fsp3) is 0.588. The number of hydrogen-bond acceptors (Lipinski definition) is 5. The van der Waals surface area contributed by atoms with Crippen molar-refractivity contribution in [2.24, 2.45) is 0 Å². The lowest BCUT2D eigenvalue weighted by Crippen LogP contribution is -2.57. The minimum atomic E-state index is -4.89. The summed E-state index contributed by atoms with van der Waals surface area (Å²) >= 11 is 0. The predicted octanol–water partition coefficient (Wildman–Crippen LogP) is 3.22. The summed E-state index contributed by atoms with van der Waals surface area (Å²) in [7, 11) is -3.73.